The molecular weight excluding hydrogens is 288 g/mol. The number of carbonyl (C=O) groups is 1. The van der Waals surface area contributed by atoms with Crippen molar-refractivity contribution in [3.05, 3.63) is 20.8 Å². The molecule has 2 atom stereocenters. The Morgan fingerprint density at radius 1 is 1.50 bits per heavy atom. The molecule has 1 heterocycles. The smallest absolute Gasteiger partial charge is 0.262 e. The summed E-state index contributed by atoms with van der Waals surface area (Å²) in [5.41, 5.74) is 6.00. The van der Waals surface area contributed by atoms with E-state index in [9.17, 15) is 4.79 Å². The molecule has 16 heavy (non-hydrogen) atoms. The van der Waals surface area contributed by atoms with Gasteiger partial charge in [-0.05, 0) is 40.2 Å². The third kappa shape index (κ3) is 2.64. The number of thiophene rings is 1. The van der Waals surface area contributed by atoms with Gasteiger partial charge in [-0.25, -0.2) is 0 Å². The van der Waals surface area contributed by atoms with Crippen molar-refractivity contribution < 1.29 is 4.79 Å². The van der Waals surface area contributed by atoms with Crippen LogP contribution in [0.1, 0.15) is 35.4 Å². The summed E-state index contributed by atoms with van der Waals surface area (Å²) in [4.78, 5) is 12.7. The summed E-state index contributed by atoms with van der Waals surface area (Å²) in [6.45, 7) is 0. The third-order valence-corrected chi connectivity index (χ3v) is 4.80. The van der Waals surface area contributed by atoms with Gasteiger partial charge in [0.15, 0.2) is 0 Å². The Bertz CT molecular complexity index is 380. The van der Waals surface area contributed by atoms with E-state index in [2.05, 4.69) is 21.2 Å². The zero-order valence-electron chi connectivity index (χ0n) is 8.91. The van der Waals surface area contributed by atoms with Gasteiger partial charge in [-0.15, -0.1) is 11.3 Å². The molecule has 1 aromatic heterocycles. The van der Waals surface area contributed by atoms with Crippen molar-refractivity contribution >= 4 is 33.2 Å². The molecule has 0 saturated heterocycles. The number of carbonyl (C=O) groups excluding carboxylic acids is 1. The second kappa shape index (κ2) is 5.29. The fraction of sp³-hybridized carbons (Fsp3) is 0.545. The first kappa shape index (κ1) is 12.1. The van der Waals surface area contributed by atoms with E-state index in [1.165, 1.54) is 17.8 Å². The fourth-order valence-electron chi connectivity index (χ4n) is 2.03. The molecule has 3 nitrogen and oxygen atoms in total. The minimum Gasteiger partial charge on any atom is -0.347 e. The summed E-state index contributed by atoms with van der Waals surface area (Å²) in [5.74, 6) is -0.00998. The lowest BCUT2D eigenvalue weighted by molar-refractivity contribution is 0.0924. The van der Waals surface area contributed by atoms with Gasteiger partial charge in [0.2, 0.25) is 0 Å². The fourth-order valence-corrected chi connectivity index (χ4v) is 3.48. The van der Waals surface area contributed by atoms with Gasteiger partial charge in [0.1, 0.15) is 4.88 Å². The lowest BCUT2D eigenvalue weighted by Crippen LogP contribution is -2.49. The Balaban J connectivity index is 1.99. The number of nitrogens with one attached hydrogen (secondary N) is 1. The Morgan fingerprint density at radius 3 is 2.88 bits per heavy atom. The standard InChI is InChI=1S/C11H15BrN2OS/c12-7-5-6-16-10(7)11(15)14-9-4-2-1-3-8(9)13/h5-6,8-9H,1-4,13H2,(H,14,15). The van der Waals surface area contributed by atoms with Crippen LogP contribution in [0.25, 0.3) is 0 Å². The summed E-state index contributed by atoms with van der Waals surface area (Å²) in [6.07, 6.45) is 4.34. The van der Waals surface area contributed by atoms with E-state index in [1.807, 2.05) is 11.4 Å². The summed E-state index contributed by atoms with van der Waals surface area (Å²) >= 11 is 4.81. The molecule has 1 aromatic rings. The number of hydrogen-bond acceptors (Lipinski definition) is 3. The van der Waals surface area contributed by atoms with Crippen molar-refractivity contribution in [3.8, 4) is 0 Å². The molecule has 1 amide bonds. The molecule has 3 N–H and O–H groups in total. The lowest BCUT2D eigenvalue weighted by Gasteiger charge is -2.29. The SMILES string of the molecule is NC1CCCCC1NC(=O)c1sccc1Br. The Kier molecular flexibility index (Phi) is 4.00. The molecule has 0 radical (unpaired) electrons. The van der Waals surface area contributed by atoms with E-state index in [4.69, 9.17) is 5.73 Å². The van der Waals surface area contributed by atoms with Gasteiger partial charge < -0.3 is 11.1 Å². The van der Waals surface area contributed by atoms with Crippen LogP contribution in [0.3, 0.4) is 0 Å². The molecule has 0 aliphatic heterocycles. The maximum Gasteiger partial charge on any atom is 0.262 e. The van der Waals surface area contributed by atoms with Gasteiger partial charge in [0.05, 0.1) is 0 Å². The van der Waals surface area contributed by atoms with E-state index in [-0.39, 0.29) is 18.0 Å². The van der Waals surface area contributed by atoms with E-state index in [0.29, 0.717) is 0 Å². The molecule has 1 fully saturated rings. The van der Waals surface area contributed by atoms with Crippen molar-refractivity contribution in [2.45, 2.75) is 37.8 Å². The zero-order chi connectivity index (χ0) is 11.5. The molecule has 1 aliphatic rings. The predicted octanol–water partition coefficient (Wildman–Crippen LogP) is 2.51. The highest BCUT2D eigenvalue weighted by Gasteiger charge is 2.24. The van der Waals surface area contributed by atoms with Crippen molar-refractivity contribution in [2.24, 2.45) is 5.73 Å². The van der Waals surface area contributed by atoms with E-state index < -0.39 is 0 Å². The maximum atomic E-state index is 12.0. The van der Waals surface area contributed by atoms with Crippen LogP contribution in [-0.4, -0.2) is 18.0 Å². The first-order chi connectivity index (χ1) is 7.68. The number of hydrogen-bond donors (Lipinski definition) is 2. The average molecular weight is 303 g/mol. The minimum absolute atomic E-state index is 0.00998. The van der Waals surface area contributed by atoms with Crippen molar-refractivity contribution in [1.29, 1.82) is 0 Å². The number of amides is 1. The normalized spacial score (nSPS) is 25.4. The highest BCUT2D eigenvalue weighted by atomic mass is 79.9. The zero-order valence-corrected chi connectivity index (χ0v) is 11.3. The van der Waals surface area contributed by atoms with Crippen molar-refractivity contribution in [1.82, 2.24) is 5.32 Å². The molecule has 5 heteroatoms. The largest absolute Gasteiger partial charge is 0.347 e. The molecule has 1 saturated carbocycles. The second-order valence-corrected chi connectivity index (χ2v) is 5.90. The van der Waals surface area contributed by atoms with Gasteiger partial charge in [0, 0.05) is 16.6 Å². The van der Waals surface area contributed by atoms with Crippen molar-refractivity contribution in [2.75, 3.05) is 0 Å². The molecule has 2 unspecified atom stereocenters. The first-order valence-electron chi connectivity index (χ1n) is 5.48. The van der Waals surface area contributed by atoms with Gasteiger partial charge in [0.25, 0.3) is 5.91 Å². The van der Waals surface area contributed by atoms with Crippen LogP contribution in [0.5, 0.6) is 0 Å². The molecule has 0 bridgehead atoms. The van der Waals surface area contributed by atoms with Gasteiger partial charge in [-0.3, -0.25) is 4.79 Å². The van der Waals surface area contributed by atoms with Gasteiger partial charge >= 0.3 is 0 Å². The molecular formula is C11H15BrN2OS. The van der Waals surface area contributed by atoms with Crippen LogP contribution in [0.15, 0.2) is 15.9 Å². The first-order valence-corrected chi connectivity index (χ1v) is 7.15. The van der Waals surface area contributed by atoms with Crippen LogP contribution >= 0.6 is 27.3 Å². The highest BCUT2D eigenvalue weighted by Crippen LogP contribution is 2.23. The van der Waals surface area contributed by atoms with Crippen LogP contribution in [0, 0.1) is 0 Å². The van der Waals surface area contributed by atoms with Gasteiger partial charge in [-0.1, -0.05) is 12.8 Å². The molecule has 2 rings (SSSR count). The van der Waals surface area contributed by atoms with E-state index >= 15 is 0 Å². The highest BCUT2D eigenvalue weighted by molar-refractivity contribution is 9.10. The van der Waals surface area contributed by atoms with Crippen molar-refractivity contribution in [3.63, 3.8) is 0 Å². The van der Waals surface area contributed by atoms with Crippen LogP contribution in [0.2, 0.25) is 0 Å². The lowest BCUT2D eigenvalue weighted by atomic mass is 9.91. The summed E-state index contributed by atoms with van der Waals surface area (Å²) in [5, 5.41) is 4.93. The van der Waals surface area contributed by atoms with Gasteiger partial charge in [-0.2, -0.15) is 0 Å². The number of nitrogens with two attached hydrogens (primary N) is 1. The monoisotopic (exact) mass is 302 g/mol. The number of halogens is 1. The summed E-state index contributed by atoms with van der Waals surface area (Å²) in [6, 6.07) is 2.13. The molecule has 88 valence electrons. The molecule has 1 aliphatic carbocycles. The van der Waals surface area contributed by atoms with E-state index in [1.54, 1.807) is 0 Å². The second-order valence-electron chi connectivity index (χ2n) is 4.13. The quantitative estimate of drug-likeness (QED) is 0.882. The van der Waals surface area contributed by atoms with Crippen LogP contribution in [-0.2, 0) is 0 Å². The minimum atomic E-state index is -0.00998. The Labute approximate surface area is 108 Å². The molecule has 0 spiro atoms. The Morgan fingerprint density at radius 2 is 2.25 bits per heavy atom. The molecule has 0 aromatic carbocycles. The third-order valence-electron chi connectivity index (χ3n) is 2.96. The predicted molar refractivity (Wildman–Crippen MR) is 69.7 cm³/mol. The van der Waals surface area contributed by atoms with E-state index in [0.717, 1.165) is 28.6 Å². The summed E-state index contributed by atoms with van der Waals surface area (Å²) < 4.78 is 0.861. The van der Waals surface area contributed by atoms with Crippen LogP contribution < -0.4 is 11.1 Å². The van der Waals surface area contributed by atoms with Crippen LogP contribution in [0.4, 0.5) is 0 Å². The number of rotatable bonds is 2. The topological polar surface area (TPSA) is 55.1 Å². The average Bonchev–Trinajstić information content (AvgIpc) is 2.68. The maximum absolute atomic E-state index is 12.0. The Hall–Kier alpha value is -0.390. The summed E-state index contributed by atoms with van der Waals surface area (Å²) in [7, 11) is 0.